The maximum atomic E-state index is 11.9. The number of anilines is 1. The van der Waals surface area contributed by atoms with Gasteiger partial charge in [-0.3, -0.25) is 4.68 Å². The highest BCUT2D eigenvalue weighted by Gasteiger charge is 2.04. The second kappa shape index (κ2) is 8.34. The van der Waals surface area contributed by atoms with Crippen molar-refractivity contribution in [2.75, 3.05) is 18.5 Å². The van der Waals surface area contributed by atoms with Gasteiger partial charge in [0, 0.05) is 29.4 Å². The van der Waals surface area contributed by atoms with Crippen molar-refractivity contribution in [3.8, 4) is 17.0 Å². The molecule has 3 aromatic rings. The molecule has 0 saturated carbocycles. The molecule has 2 amide bonds. The van der Waals surface area contributed by atoms with Gasteiger partial charge in [0.05, 0.1) is 18.8 Å². The largest absolute Gasteiger partial charge is 0.494 e. The van der Waals surface area contributed by atoms with Crippen molar-refractivity contribution < 1.29 is 9.53 Å². The molecule has 0 saturated heterocycles. The number of benzene rings is 1. The molecule has 0 bridgehead atoms. The fourth-order valence-corrected chi connectivity index (χ4v) is 2.96. The van der Waals surface area contributed by atoms with Gasteiger partial charge in [-0.05, 0) is 48.7 Å². The van der Waals surface area contributed by atoms with Gasteiger partial charge in [0.1, 0.15) is 5.75 Å². The van der Waals surface area contributed by atoms with Gasteiger partial charge >= 0.3 is 6.03 Å². The molecule has 1 aromatic carbocycles. The summed E-state index contributed by atoms with van der Waals surface area (Å²) in [4.78, 5) is 11.9. The topological polar surface area (TPSA) is 68.2 Å². The Bertz CT molecular complexity index is 797. The molecule has 0 aliphatic carbocycles. The van der Waals surface area contributed by atoms with Crippen LogP contribution in [0.1, 0.15) is 6.92 Å². The molecular formula is C18H20N4O2S. The van der Waals surface area contributed by atoms with Crippen molar-refractivity contribution in [2.45, 2.75) is 13.5 Å². The molecule has 0 unspecified atom stereocenters. The van der Waals surface area contributed by atoms with E-state index in [4.69, 9.17) is 4.74 Å². The molecular weight excluding hydrogens is 336 g/mol. The molecule has 2 N–H and O–H groups in total. The van der Waals surface area contributed by atoms with Crippen molar-refractivity contribution in [3.63, 3.8) is 0 Å². The molecule has 0 spiro atoms. The lowest BCUT2D eigenvalue weighted by atomic mass is 10.2. The van der Waals surface area contributed by atoms with E-state index in [1.165, 1.54) is 0 Å². The van der Waals surface area contributed by atoms with Crippen LogP contribution in [0.5, 0.6) is 5.75 Å². The van der Waals surface area contributed by atoms with Crippen molar-refractivity contribution in [1.82, 2.24) is 15.1 Å². The van der Waals surface area contributed by atoms with Crippen LogP contribution in [-0.4, -0.2) is 29.0 Å². The Hall–Kier alpha value is -2.80. The fourth-order valence-electron chi connectivity index (χ4n) is 2.31. The number of aromatic nitrogens is 2. The van der Waals surface area contributed by atoms with E-state index in [2.05, 4.69) is 21.1 Å². The first-order chi connectivity index (χ1) is 12.2. The molecule has 130 valence electrons. The number of nitrogens with one attached hydrogen (secondary N) is 2. The standard InChI is InChI=1S/C18H20N4O2S/c1-2-24-16-5-3-15(4-6-16)20-18(23)19-9-11-22-10-7-17(21-22)14-8-12-25-13-14/h3-8,10,12-13H,2,9,11H2,1H3,(H2,19,20,23). The summed E-state index contributed by atoms with van der Waals surface area (Å²) in [5.74, 6) is 0.786. The maximum absolute atomic E-state index is 11.9. The SMILES string of the molecule is CCOc1ccc(NC(=O)NCCn2ccc(-c3ccsc3)n2)cc1. The Morgan fingerprint density at radius 1 is 1.24 bits per heavy atom. The minimum Gasteiger partial charge on any atom is -0.494 e. The third-order valence-corrected chi connectivity index (χ3v) is 4.19. The molecule has 0 atom stereocenters. The quantitative estimate of drug-likeness (QED) is 0.676. The first-order valence-corrected chi connectivity index (χ1v) is 9.02. The Morgan fingerprint density at radius 2 is 2.08 bits per heavy atom. The predicted octanol–water partition coefficient (Wildman–Crippen LogP) is 3.83. The zero-order chi connectivity index (χ0) is 17.5. The van der Waals surface area contributed by atoms with Gasteiger partial charge in [-0.25, -0.2) is 4.79 Å². The Morgan fingerprint density at radius 3 is 2.80 bits per heavy atom. The molecule has 0 fully saturated rings. The zero-order valence-electron chi connectivity index (χ0n) is 13.9. The van der Waals surface area contributed by atoms with Gasteiger partial charge in [0.15, 0.2) is 0 Å². The van der Waals surface area contributed by atoms with Gasteiger partial charge in [-0.15, -0.1) is 0 Å². The van der Waals surface area contributed by atoms with Crippen molar-refractivity contribution in [3.05, 3.63) is 53.4 Å². The van der Waals surface area contributed by atoms with Gasteiger partial charge in [-0.2, -0.15) is 16.4 Å². The summed E-state index contributed by atoms with van der Waals surface area (Å²) in [6.07, 6.45) is 1.92. The lowest BCUT2D eigenvalue weighted by molar-refractivity contribution is 0.251. The van der Waals surface area contributed by atoms with Crippen LogP contribution in [0.2, 0.25) is 0 Å². The van der Waals surface area contributed by atoms with Crippen LogP contribution in [-0.2, 0) is 6.54 Å². The van der Waals surface area contributed by atoms with Crippen LogP contribution in [0.3, 0.4) is 0 Å². The number of amides is 2. The zero-order valence-corrected chi connectivity index (χ0v) is 14.8. The maximum Gasteiger partial charge on any atom is 0.319 e. The third-order valence-electron chi connectivity index (χ3n) is 3.51. The van der Waals surface area contributed by atoms with Crippen LogP contribution < -0.4 is 15.4 Å². The average Bonchev–Trinajstić information content (AvgIpc) is 3.28. The summed E-state index contributed by atoms with van der Waals surface area (Å²) in [5, 5.41) is 14.2. The van der Waals surface area contributed by atoms with E-state index in [0.717, 1.165) is 22.7 Å². The lowest BCUT2D eigenvalue weighted by Gasteiger charge is -2.09. The smallest absolute Gasteiger partial charge is 0.319 e. The summed E-state index contributed by atoms with van der Waals surface area (Å²) in [7, 11) is 0. The molecule has 2 heterocycles. The number of carbonyl (C=O) groups is 1. The minimum absolute atomic E-state index is 0.241. The van der Waals surface area contributed by atoms with Crippen LogP contribution >= 0.6 is 11.3 Å². The van der Waals surface area contributed by atoms with E-state index in [0.29, 0.717) is 19.7 Å². The van der Waals surface area contributed by atoms with Crippen molar-refractivity contribution in [2.24, 2.45) is 0 Å². The Labute approximate surface area is 150 Å². The second-order valence-electron chi connectivity index (χ2n) is 5.31. The lowest BCUT2D eigenvalue weighted by Crippen LogP contribution is -2.31. The summed E-state index contributed by atoms with van der Waals surface area (Å²) >= 11 is 1.65. The summed E-state index contributed by atoms with van der Waals surface area (Å²) in [6, 6.07) is 11.1. The summed E-state index contributed by atoms with van der Waals surface area (Å²) < 4.78 is 7.19. The van der Waals surface area contributed by atoms with E-state index < -0.39 is 0 Å². The average molecular weight is 356 g/mol. The summed E-state index contributed by atoms with van der Waals surface area (Å²) in [5.41, 5.74) is 2.78. The molecule has 2 aromatic heterocycles. The number of hydrogen-bond acceptors (Lipinski definition) is 4. The molecule has 0 radical (unpaired) electrons. The van der Waals surface area contributed by atoms with Crippen LogP contribution in [0.25, 0.3) is 11.3 Å². The number of rotatable bonds is 7. The third kappa shape index (κ3) is 4.84. The van der Waals surface area contributed by atoms with E-state index >= 15 is 0 Å². The number of carbonyl (C=O) groups excluding carboxylic acids is 1. The van der Waals surface area contributed by atoms with Crippen molar-refractivity contribution in [1.29, 1.82) is 0 Å². The molecule has 3 rings (SSSR count). The van der Waals surface area contributed by atoms with Gasteiger partial charge in [-0.1, -0.05) is 0 Å². The van der Waals surface area contributed by atoms with Crippen molar-refractivity contribution >= 4 is 23.1 Å². The monoisotopic (exact) mass is 356 g/mol. The number of urea groups is 1. The number of ether oxygens (including phenoxy) is 1. The number of hydrogen-bond donors (Lipinski definition) is 2. The van der Waals surface area contributed by atoms with Gasteiger partial charge < -0.3 is 15.4 Å². The highest BCUT2D eigenvalue weighted by molar-refractivity contribution is 7.08. The second-order valence-corrected chi connectivity index (χ2v) is 6.09. The molecule has 25 heavy (non-hydrogen) atoms. The van der Waals surface area contributed by atoms with E-state index in [9.17, 15) is 4.79 Å². The van der Waals surface area contributed by atoms with Crippen LogP contribution in [0.15, 0.2) is 53.4 Å². The molecule has 0 aliphatic heterocycles. The van der Waals surface area contributed by atoms with Crippen LogP contribution in [0, 0.1) is 0 Å². The first kappa shape index (κ1) is 17.0. The number of nitrogens with zero attached hydrogens (tertiary/aromatic N) is 2. The molecule has 6 nitrogen and oxygen atoms in total. The van der Waals surface area contributed by atoms with Gasteiger partial charge in [0.2, 0.25) is 0 Å². The van der Waals surface area contributed by atoms with Crippen LogP contribution in [0.4, 0.5) is 10.5 Å². The normalized spacial score (nSPS) is 10.4. The van der Waals surface area contributed by atoms with E-state index in [1.807, 2.05) is 59.6 Å². The van der Waals surface area contributed by atoms with E-state index in [1.54, 1.807) is 11.3 Å². The number of thiophene rings is 1. The molecule has 7 heteroatoms. The fraction of sp³-hybridized carbons (Fsp3) is 0.222. The van der Waals surface area contributed by atoms with E-state index in [-0.39, 0.29) is 6.03 Å². The Balaban J connectivity index is 1.43. The van der Waals surface area contributed by atoms with Gasteiger partial charge in [0.25, 0.3) is 0 Å². The Kier molecular flexibility index (Phi) is 5.69. The highest BCUT2D eigenvalue weighted by Crippen LogP contribution is 2.19. The minimum atomic E-state index is -0.241. The molecule has 0 aliphatic rings. The predicted molar refractivity (Wildman–Crippen MR) is 100 cm³/mol. The summed E-state index contributed by atoms with van der Waals surface area (Å²) in [6.45, 7) is 3.66. The first-order valence-electron chi connectivity index (χ1n) is 8.08. The highest BCUT2D eigenvalue weighted by atomic mass is 32.1.